The van der Waals surface area contributed by atoms with Gasteiger partial charge in [-0.25, -0.2) is 22.3 Å². The molecule has 0 saturated carbocycles. The molecule has 0 radical (unpaired) electrons. The summed E-state index contributed by atoms with van der Waals surface area (Å²) in [5.41, 5.74) is 1.74. The van der Waals surface area contributed by atoms with Crippen molar-refractivity contribution in [2.45, 2.75) is 57.8 Å². The first-order valence-electron chi connectivity index (χ1n) is 10.5. The number of amides is 1. The fraction of sp³-hybridized carbons (Fsp3) is 0.455. The van der Waals surface area contributed by atoms with E-state index in [0.29, 0.717) is 28.9 Å². The molecular formula is C22H30ClFN4O5S. The van der Waals surface area contributed by atoms with E-state index in [4.69, 9.17) is 16.3 Å². The number of aliphatic hydroxyl groups excluding tert-OH is 1. The molecule has 34 heavy (non-hydrogen) atoms. The number of carbonyl (C=O) groups excluding carboxylic acids is 1. The van der Waals surface area contributed by atoms with Crippen LogP contribution in [-0.4, -0.2) is 48.6 Å². The number of aromatic nitrogens is 2. The second-order valence-corrected chi connectivity index (χ2v) is 10.8. The number of halogens is 2. The average molecular weight is 517 g/mol. The van der Waals surface area contributed by atoms with Crippen LogP contribution < -0.4 is 10.0 Å². The molecule has 188 valence electrons. The number of sulfonamides is 1. The normalized spacial score (nSPS) is 12.6. The van der Waals surface area contributed by atoms with Gasteiger partial charge in [0.2, 0.25) is 10.0 Å². The van der Waals surface area contributed by atoms with Crippen LogP contribution in [0.1, 0.15) is 43.3 Å². The van der Waals surface area contributed by atoms with Crippen LogP contribution in [0.25, 0.3) is 0 Å². The lowest BCUT2D eigenvalue weighted by Crippen LogP contribution is -2.32. The van der Waals surface area contributed by atoms with E-state index in [2.05, 4.69) is 15.1 Å². The Morgan fingerprint density at radius 3 is 2.59 bits per heavy atom. The first-order chi connectivity index (χ1) is 15.8. The number of benzene rings is 1. The number of nitrogens with one attached hydrogen (secondary N) is 2. The lowest BCUT2D eigenvalue weighted by atomic mass is 10.0. The Kier molecular flexibility index (Phi) is 9.23. The smallest absolute Gasteiger partial charge is 0.407 e. The fourth-order valence-corrected chi connectivity index (χ4v) is 4.45. The number of aliphatic hydroxyl groups is 1. The van der Waals surface area contributed by atoms with Gasteiger partial charge in [-0.1, -0.05) is 17.7 Å². The topological polar surface area (TPSA) is 123 Å². The Hall–Kier alpha value is -2.47. The summed E-state index contributed by atoms with van der Waals surface area (Å²) in [6, 6.07) is 4.56. The number of aryl methyl sites for hydroxylation is 1. The first kappa shape index (κ1) is 27.8. The fourth-order valence-electron chi connectivity index (χ4n) is 3.16. The zero-order chi connectivity index (χ0) is 25.7. The van der Waals surface area contributed by atoms with Crippen molar-refractivity contribution in [1.29, 1.82) is 0 Å². The molecule has 1 heterocycles. The summed E-state index contributed by atoms with van der Waals surface area (Å²) >= 11 is 6.17. The molecule has 2 rings (SSSR count). The molecule has 1 aromatic carbocycles. The molecular weight excluding hydrogens is 487 g/mol. The highest BCUT2D eigenvalue weighted by Gasteiger charge is 2.19. The van der Waals surface area contributed by atoms with Crippen LogP contribution in [0.2, 0.25) is 5.02 Å². The summed E-state index contributed by atoms with van der Waals surface area (Å²) in [6.45, 7) is 6.24. The zero-order valence-electron chi connectivity index (χ0n) is 19.8. The van der Waals surface area contributed by atoms with Crippen LogP contribution in [0.4, 0.5) is 9.18 Å². The third-order valence-corrected chi connectivity index (χ3v) is 6.62. The van der Waals surface area contributed by atoms with Crippen LogP contribution in [0.3, 0.4) is 0 Å². The molecule has 0 aliphatic heterocycles. The minimum absolute atomic E-state index is 0.0394. The minimum atomic E-state index is -3.69. The van der Waals surface area contributed by atoms with Crippen molar-refractivity contribution < 1.29 is 27.4 Å². The minimum Gasteiger partial charge on any atom is -0.444 e. The lowest BCUT2D eigenvalue weighted by Gasteiger charge is -2.19. The van der Waals surface area contributed by atoms with Gasteiger partial charge in [0.05, 0.1) is 29.6 Å². The van der Waals surface area contributed by atoms with E-state index in [1.807, 2.05) is 0 Å². The molecule has 0 aliphatic rings. The van der Waals surface area contributed by atoms with Crippen molar-refractivity contribution in [3.63, 3.8) is 0 Å². The first-order valence-corrected chi connectivity index (χ1v) is 12.3. The van der Waals surface area contributed by atoms with E-state index in [9.17, 15) is 22.7 Å². The Morgan fingerprint density at radius 1 is 1.35 bits per heavy atom. The maximum Gasteiger partial charge on any atom is 0.407 e. The van der Waals surface area contributed by atoms with Crippen LogP contribution >= 0.6 is 11.6 Å². The largest absolute Gasteiger partial charge is 0.444 e. The quantitative estimate of drug-likeness (QED) is 0.470. The van der Waals surface area contributed by atoms with Crippen molar-refractivity contribution in [1.82, 2.24) is 19.8 Å². The number of ether oxygens (including phenoxy) is 1. The van der Waals surface area contributed by atoms with Crippen molar-refractivity contribution >= 4 is 27.7 Å². The van der Waals surface area contributed by atoms with Crippen LogP contribution in [0, 0.1) is 6.92 Å². The molecule has 3 N–H and O–H groups in total. The molecule has 1 amide bonds. The third-order valence-electron chi connectivity index (χ3n) is 4.72. The van der Waals surface area contributed by atoms with Gasteiger partial charge in [0.1, 0.15) is 16.3 Å². The molecule has 0 atom stereocenters. The van der Waals surface area contributed by atoms with Gasteiger partial charge >= 0.3 is 6.09 Å². The zero-order valence-corrected chi connectivity index (χ0v) is 21.3. The standard InChI is InChI=1S/C22H30ClFN4O5S/c1-14-17(10-15-6-7-20(18(23)11-15)34(31,32)25-5)19(13-29)28(27-14)12-16(24)8-9-26-21(30)33-22(2,3)4/h6-8,11,25,29H,9-10,12-13H2,1-5H3,(H,26,30)/b16-8-. The van der Waals surface area contributed by atoms with Gasteiger partial charge in [-0.2, -0.15) is 5.10 Å². The maximum atomic E-state index is 14.5. The Balaban J connectivity index is 2.15. The van der Waals surface area contributed by atoms with Gasteiger partial charge in [-0.15, -0.1) is 0 Å². The highest BCUT2D eigenvalue weighted by molar-refractivity contribution is 7.89. The highest BCUT2D eigenvalue weighted by Crippen LogP contribution is 2.26. The lowest BCUT2D eigenvalue weighted by molar-refractivity contribution is 0.0534. The van der Waals surface area contributed by atoms with Crippen LogP contribution in [0.5, 0.6) is 0 Å². The van der Waals surface area contributed by atoms with Crippen molar-refractivity contribution in [3.8, 4) is 0 Å². The van der Waals surface area contributed by atoms with Gasteiger partial charge in [0, 0.05) is 18.5 Å². The summed E-state index contributed by atoms with van der Waals surface area (Å²) in [5.74, 6) is -0.551. The SMILES string of the molecule is CNS(=O)(=O)c1ccc(Cc2c(C)nn(C/C(F)=C/CNC(=O)OC(C)(C)C)c2CO)cc1Cl. The average Bonchev–Trinajstić information content (AvgIpc) is 3.00. The molecule has 9 nitrogen and oxygen atoms in total. The molecule has 0 unspecified atom stereocenters. The highest BCUT2D eigenvalue weighted by atomic mass is 35.5. The Morgan fingerprint density at radius 2 is 2.03 bits per heavy atom. The molecule has 1 aromatic heterocycles. The molecule has 12 heteroatoms. The van der Waals surface area contributed by atoms with E-state index >= 15 is 0 Å². The van der Waals surface area contributed by atoms with Gasteiger partial charge in [0.15, 0.2) is 0 Å². The van der Waals surface area contributed by atoms with E-state index in [0.717, 1.165) is 0 Å². The van der Waals surface area contributed by atoms with E-state index < -0.39 is 27.5 Å². The number of rotatable bonds is 9. The van der Waals surface area contributed by atoms with Crippen molar-refractivity contribution in [3.05, 3.63) is 57.6 Å². The van der Waals surface area contributed by atoms with Gasteiger partial charge in [0.25, 0.3) is 0 Å². The predicted octanol–water partition coefficient (Wildman–Crippen LogP) is 3.21. The summed E-state index contributed by atoms with van der Waals surface area (Å²) < 4.78 is 47.1. The molecule has 0 bridgehead atoms. The molecule has 2 aromatic rings. The van der Waals surface area contributed by atoms with E-state index in [1.165, 1.54) is 29.9 Å². The Bertz CT molecular complexity index is 1170. The van der Waals surface area contributed by atoms with E-state index in [-0.39, 0.29) is 29.6 Å². The number of allylic oxidation sites excluding steroid dienone is 1. The second-order valence-electron chi connectivity index (χ2n) is 8.51. The summed E-state index contributed by atoms with van der Waals surface area (Å²) in [5, 5.41) is 16.7. The number of alkyl carbamates (subject to hydrolysis) is 1. The monoisotopic (exact) mass is 516 g/mol. The number of carbonyl (C=O) groups is 1. The van der Waals surface area contributed by atoms with Crippen LogP contribution in [-0.2, 0) is 34.3 Å². The predicted molar refractivity (Wildman–Crippen MR) is 127 cm³/mol. The summed E-state index contributed by atoms with van der Waals surface area (Å²) in [4.78, 5) is 11.6. The molecule has 0 saturated heterocycles. The number of nitrogens with zero attached hydrogens (tertiary/aromatic N) is 2. The molecule has 0 fully saturated rings. The van der Waals surface area contributed by atoms with Gasteiger partial charge in [-0.05, 0) is 58.5 Å². The van der Waals surface area contributed by atoms with Gasteiger partial charge in [-0.3, -0.25) is 4.68 Å². The number of hydrogen-bond acceptors (Lipinski definition) is 6. The molecule has 0 spiro atoms. The van der Waals surface area contributed by atoms with E-state index in [1.54, 1.807) is 33.8 Å². The maximum absolute atomic E-state index is 14.5. The van der Waals surface area contributed by atoms with Crippen molar-refractivity contribution in [2.24, 2.45) is 0 Å². The van der Waals surface area contributed by atoms with Gasteiger partial charge < -0.3 is 15.2 Å². The summed E-state index contributed by atoms with van der Waals surface area (Å²) in [6.07, 6.45) is 0.854. The van der Waals surface area contributed by atoms with Crippen molar-refractivity contribution in [2.75, 3.05) is 13.6 Å². The Labute approximate surface area is 204 Å². The van der Waals surface area contributed by atoms with Crippen LogP contribution in [0.15, 0.2) is 35.0 Å². The molecule has 0 aliphatic carbocycles. The third kappa shape index (κ3) is 7.52. The second kappa shape index (κ2) is 11.3. The summed E-state index contributed by atoms with van der Waals surface area (Å²) in [7, 11) is -2.39. The number of hydrogen-bond donors (Lipinski definition) is 3.